The Morgan fingerprint density at radius 3 is 2.40 bits per heavy atom. The predicted octanol–water partition coefficient (Wildman–Crippen LogP) is 3.61. The molecule has 134 valence electrons. The van der Waals surface area contributed by atoms with Crippen molar-refractivity contribution in [3.05, 3.63) is 65.7 Å². The molecule has 0 N–H and O–H groups in total. The van der Waals surface area contributed by atoms with Crippen LogP contribution < -0.4 is 0 Å². The van der Waals surface area contributed by atoms with Crippen LogP contribution in [-0.4, -0.2) is 32.5 Å². The molecular weight excluding hydrogens is 334 g/mol. The molecule has 2 aromatic carbocycles. The molecule has 0 bridgehead atoms. The monoisotopic (exact) mass is 359 g/mol. The molecule has 1 heterocycles. The van der Waals surface area contributed by atoms with Crippen LogP contribution in [0.3, 0.4) is 0 Å². The van der Waals surface area contributed by atoms with Crippen LogP contribution in [0, 0.1) is 12.8 Å². The van der Waals surface area contributed by atoms with Gasteiger partial charge < -0.3 is 0 Å². The lowest BCUT2D eigenvalue weighted by atomic mass is 9.96. The topological polar surface area (TPSA) is 46.6 Å². The van der Waals surface area contributed by atoms with Crippen LogP contribution in [0.2, 0.25) is 0 Å². The van der Waals surface area contributed by atoms with Crippen molar-refractivity contribution in [2.75, 3.05) is 13.1 Å². The zero-order chi connectivity index (χ0) is 17.9. The summed E-state index contributed by atoms with van der Waals surface area (Å²) in [4.78, 5) is 2.59. The molecule has 1 aliphatic heterocycles. The van der Waals surface area contributed by atoms with Crippen molar-refractivity contribution in [1.82, 2.24) is 4.90 Å². The van der Waals surface area contributed by atoms with Gasteiger partial charge in [-0.25, -0.2) is 0 Å². The molecule has 1 fully saturated rings. The Labute approximate surface area is 150 Å². The first-order chi connectivity index (χ1) is 11.9. The number of hydrogen-bond donors (Lipinski definition) is 0. The molecule has 5 heteroatoms. The van der Waals surface area contributed by atoms with Crippen molar-refractivity contribution in [3.63, 3.8) is 0 Å². The fraction of sp³-hybridized carbons (Fsp3) is 0.400. The van der Waals surface area contributed by atoms with Gasteiger partial charge in [-0.1, -0.05) is 55.0 Å². The van der Waals surface area contributed by atoms with Crippen LogP contribution in [-0.2, 0) is 20.8 Å². The number of benzene rings is 2. The highest BCUT2D eigenvalue weighted by molar-refractivity contribution is 7.86. The van der Waals surface area contributed by atoms with E-state index in [0.29, 0.717) is 0 Å². The Balaban J connectivity index is 1.60. The second-order valence-corrected chi connectivity index (χ2v) is 8.46. The third-order valence-electron chi connectivity index (χ3n) is 4.72. The van der Waals surface area contributed by atoms with Crippen LogP contribution in [0.4, 0.5) is 0 Å². The van der Waals surface area contributed by atoms with Crippen molar-refractivity contribution < 1.29 is 12.6 Å². The summed E-state index contributed by atoms with van der Waals surface area (Å²) in [6.07, 6.45) is 0.456. The van der Waals surface area contributed by atoms with Gasteiger partial charge >= 0.3 is 0 Å². The maximum atomic E-state index is 12.5. The second kappa shape index (κ2) is 7.68. The van der Waals surface area contributed by atoms with E-state index in [1.54, 1.807) is 24.3 Å². The Morgan fingerprint density at radius 1 is 1.08 bits per heavy atom. The van der Waals surface area contributed by atoms with Gasteiger partial charge in [0.2, 0.25) is 0 Å². The molecule has 1 aliphatic rings. The van der Waals surface area contributed by atoms with Gasteiger partial charge in [-0.3, -0.25) is 9.08 Å². The summed E-state index contributed by atoms with van der Waals surface area (Å²) in [5.41, 5.74) is 2.31. The van der Waals surface area contributed by atoms with Gasteiger partial charge in [-0.05, 0) is 37.0 Å². The average Bonchev–Trinajstić information content (AvgIpc) is 2.59. The lowest BCUT2D eigenvalue weighted by Crippen LogP contribution is -2.43. The van der Waals surface area contributed by atoms with E-state index in [0.717, 1.165) is 31.6 Å². The highest BCUT2D eigenvalue weighted by Crippen LogP contribution is 2.25. The molecule has 2 unspecified atom stereocenters. The highest BCUT2D eigenvalue weighted by Gasteiger charge is 2.31. The molecule has 2 aromatic rings. The number of rotatable bonds is 5. The van der Waals surface area contributed by atoms with E-state index in [9.17, 15) is 8.42 Å². The van der Waals surface area contributed by atoms with Gasteiger partial charge in [-0.15, -0.1) is 0 Å². The third kappa shape index (κ3) is 4.69. The molecule has 0 amide bonds. The largest absolute Gasteiger partial charge is 0.299 e. The standard InChI is InChI=1S/C20H25NO3S/c1-16-8-10-19(11-9-16)25(22,23)24-20-12-13-21(14-17(20)2)15-18-6-4-3-5-7-18/h3-11,17,20H,12-15H2,1-2H3. The SMILES string of the molecule is Cc1ccc(S(=O)(=O)OC2CCN(Cc3ccccc3)CC2C)cc1. The summed E-state index contributed by atoms with van der Waals surface area (Å²) in [7, 11) is -3.70. The van der Waals surface area contributed by atoms with Gasteiger partial charge in [0, 0.05) is 19.6 Å². The lowest BCUT2D eigenvalue weighted by Gasteiger charge is -2.36. The smallest absolute Gasteiger partial charge is 0.297 e. The van der Waals surface area contributed by atoms with E-state index in [4.69, 9.17) is 4.18 Å². The summed E-state index contributed by atoms with van der Waals surface area (Å²) < 4.78 is 30.5. The van der Waals surface area contributed by atoms with E-state index in [1.165, 1.54) is 5.56 Å². The molecule has 0 spiro atoms. The van der Waals surface area contributed by atoms with E-state index >= 15 is 0 Å². The Kier molecular flexibility index (Phi) is 5.57. The van der Waals surface area contributed by atoms with Gasteiger partial charge in [-0.2, -0.15) is 8.42 Å². The van der Waals surface area contributed by atoms with E-state index < -0.39 is 10.1 Å². The third-order valence-corrected chi connectivity index (χ3v) is 6.07. The summed E-state index contributed by atoms with van der Waals surface area (Å²) in [6, 6.07) is 17.2. The van der Waals surface area contributed by atoms with Crippen LogP contribution >= 0.6 is 0 Å². The highest BCUT2D eigenvalue weighted by atomic mass is 32.2. The Hall–Kier alpha value is -1.69. The van der Waals surface area contributed by atoms with Crippen molar-refractivity contribution in [2.45, 2.75) is 37.8 Å². The first-order valence-electron chi connectivity index (χ1n) is 8.70. The second-order valence-electron chi connectivity index (χ2n) is 6.89. The van der Waals surface area contributed by atoms with Crippen LogP contribution in [0.25, 0.3) is 0 Å². The van der Waals surface area contributed by atoms with Crippen LogP contribution in [0.1, 0.15) is 24.5 Å². The number of aryl methyl sites for hydroxylation is 1. The zero-order valence-corrected chi connectivity index (χ0v) is 15.6. The number of nitrogens with zero attached hydrogens (tertiary/aromatic N) is 1. The molecule has 2 atom stereocenters. The van der Waals surface area contributed by atoms with Crippen molar-refractivity contribution in [2.24, 2.45) is 5.92 Å². The molecule has 25 heavy (non-hydrogen) atoms. The van der Waals surface area contributed by atoms with Crippen LogP contribution in [0.5, 0.6) is 0 Å². The quantitative estimate of drug-likeness (QED) is 0.765. The van der Waals surface area contributed by atoms with E-state index in [1.807, 2.05) is 25.1 Å². The van der Waals surface area contributed by atoms with Gasteiger partial charge in [0.1, 0.15) is 0 Å². The maximum Gasteiger partial charge on any atom is 0.297 e. The number of likely N-dealkylation sites (tertiary alicyclic amines) is 1. The number of piperidine rings is 1. The van der Waals surface area contributed by atoms with Crippen molar-refractivity contribution in [3.8, 4) is 0 Å². The summed E-state index contributed by atoms with van der Waals surface area (Å²) in [6.45, 7) is 6.56. The first-order valence-corrected chi connectivity index (χ1v) is 10.1. The normalized spacial score (nSPS) is 22.0. The molecular formula is C20H25NO3S. The van der Waals surface area contributed by atoms with Gasteiger partial charge in [0.05, 0.1) is 11.0 Å². The molecule has 4 nitrogen and oxygen atoms in total. The molecule has 0 aliphatic carbocycles. The molecule has 3 rings (SSSR count). The van der Waals surface area contributed by atoms with Gasteiger partial charge in [0.15, 0.2) is 0 Å². The minimum Gasteiger partial charge on any atom is -0.299 e. The van der Waals surface area contributed by atoms with Gasteiger partial charge in [0.25, 0.3) is 10.1 Å². The molecule has 0 aromatic heterocycles. The molecule has 0 saturated carbocycles. The zero-order valence-electron chi connectivity index (χ0n) is 14.8. The Bertz CT molecular complexity index is 787. The van der Waals surface area contributed by atoms with E-state index in [2.05, 4.69) is 24.0 Å². The predicted molar refractivity (Wildman–Crippen MR) is 98.7 cm³/mol. The average molecular weight is 359 g/mol. The van der Waals surface area contributed by atoms with Crippen molar-refractivity contribution >= 4 is 10.1 Å². The molecule has 1 saturated heterocycles. The summed E-state index contributed by atoms with van der Waals surface area (Å²) >= 11 is 0. The first kappa shape index (κ1) is 18.1. The summed E-state index contributed by atoms with van der Waals surface area (Å²) in [5.74, 6) is 0.165. The van der Waals surface area contributed by atoms with E-state index in [-0.39, 0.29) is 16.9 Å². The van der Waals surface area contributed by atoms with Crippen molar-refractivity contribution in [1.29, 1.82) is 0 Å². The lowest BCUT2D eigenvalue weighted by molar-refractivity contribution is 0.0533. The summed E-state index contributed by atoms with van der Waals surface area (Å²) in [5, 5.41) is 0. The minimum absolute atomic E-state index is 0.165. The Morgan fingerprint density at radius 2 is 1.76 bits per heavy atom. The fourth-order valence-electron chi connectivity index (χ4n) is 3.26. The number of hydrogen-bond acceptors (Lipinski definition) is 4. The van der Waals surface area contributed by atoms with Crippen LogP contribution in [0.15, 0.2) is 59.5 Å². The fourth-order valence-corrected chi connectivity index (χ4v) is 4.45. The minimum atomic E-state index is -3.70. The molecule has 0 radical (unpaired) electrons. The maximum absolute atomic E-state index is 12.5.